The topological polar surface area (TPSA) is 52.4 Å². The molecule has 1 N–H and O–H groups in total. The van der Waals surface area contributed by atoms with Crippen LogP contribution in [-0.4, -0.2) is 18.7 Å². The summed E-state index contributed by atoms with van der Waals surface area (Å²) in [6, 6.07) is 4.22. The fraction of sp³-hybridized carbons (Fsp3) is 0.562. The Labute approximate surface area is 129 Å². The molecule has 0 bridgehead atoms. The van der Waals surface area contributed by atoms with Gasteiger partial charge < -0.3 is 8.95 Å². The molecule has 2 aromatic heterocycles. The summed E-state index contributed by atoms with van der Waals surface area (Å²) in [4.78, 5) is 4.63. The zero-order chi connectivity index (χ0) is 15.2. The first-order valence-corrected chi connectivity index (χ1v) is 8.66. The van der Waals surface area contributed by atoms with Crippen molar-refractivity contribution in [1.29, 1.82) is 0 Å². The smallest absolute Gasteiger partial charge is 0.137 e. The van der Waals surface area contributed by atoms with E-state index in [2.05, 4.69) is 32.4 Å². The van der Waals surface area contributed by atoms with Crippen molar-refractivity contribution >= 4 is 17.0 Å². The summed E-state index contributed by atoms with van der Waals surface area (Å²) in [5.74, 6) is 0.740. The van der Waals surface area contributed by atoms with Gasteiger partial charge in [0.05, 0.1) is 11.7 Å². The average Bonchev–Trinajstić information content (AvgIpc) is 3.16. The van der Waals surface area contributed by atoms with Gasteiger partial charge in [0.15, 0.2) is 0 Å². The molecule has 3 rings (SSSR count). The Morgan fingerprint density at radius 2 is 2.05 bits per heavy atom. The summed E-state index contributed by atoms with van der Waals surface area (Å²) in [6.45, 7) is 7.91. The van der Waals surface area contributed by atoms with E-state index >= 15 is 0 Å². The number of imidazole rings is 1. The number of aromatic nitrogens is 2. The second kappa shape index (κ2) is 5.30. The molecular weight excluding hydrogens is 282 g/mol. The van der Waals surface area contributed by atoms with Crippen molar-refractivity contribution in [2.24, 2.45) is 0 Å². The fourth-order valence-corrected chi connectivity index (χ4v) is 3.09. The van der Waals surface area contributed by atoms with Gasteiger partial charge in [0, 0.05) is 23.8 Å². The van der Waals surface area contributed by atoms with Gasteiger partial charge in [-0.15, -0.1) is 4.72 Å². The highest BCUT2D eigenvalue weighted by atomic mass is 32.2. The lowest BCUT2D eigenvalue weighted by Crippen LogP contribution is -2.40. The van der Waals surface area contributed by atoms with Gasteiger partial charge in [0.1, 0.15) is 10.4 Å². The Morgan fingerprint density at radius 1 is 1.33 bits per heavy atom. The maximum atomic E-state index is 12.2. The molecule has 1 aliphatic rings. The molecule has 2 atom stereocenters. The number of fused-ring (bicyclic) bond motifs is 1. The van der Waals surface area contributed by atoms with Crippen LogP contribution in [0.5, 0.6) is 0 Å². The van der Waals surface area contributed by atoms with E-state index in [9.17, 15) is 4.55 Å². The number of hydrogen-bond acceptors (Lipinski definition) is 3. The first-order valence-electron chi connectivity index (χ1n) is 7.51. The molecule has 2 aromatic rings. The van der Waals surface area contributed by atoms with E-state index in [1.165, 1.54) is 18.4 Å². The molecular formula is C16H23N3OS. The first kappa shape index (κ1) is 14.9. The molecule has 0 radical (unpaired) electrons. The molecule has 0 amide bonds. The minimum absolute atomic E-state index is 0.0330. The highest BCUT2D eigenvalue weighted by Gasteiger charge is 2.29. The van der Waals surface area contributed by atoms with E-state index in [0.29, 0.717) is 0 Å². The summed E-state index contributed by atoms with van der Waals surface area (Å²) in [5.41, 5.74) is 3.27. The van der Waals surface area contributed by atoms with Gasteiger partial charge in [-0.3, -0.25) is 0 Å². The molecule has 21 heavy (non-hydrogen) atoms. The van der Waals surface area contributed by atoms with Crippen molar-refractivity contribution in [3.63, 3.8) is 0 Å². The van der Waals surface area contributed by atoms with E-state index in [-0.39, 0.29) is 10.8 Å². The summed E-state index contributed by atoms with van der Waals surface area (Å²) < 4.78 is 17.1. The predicted molar refractivity (Wildman–Crippen MR) is 86.6 cm³/mol. The first-order chi connectivity index (χ1) is 9.84. The van der Waals surface area contributed by atoms with Crippen molar-refractivity contribution in [1.82, 2.24) is 14.1 Å². The Bertz CT molecular complexity index is 642. The predicted octanol–water partition coefficient (Wildman–Crippen LogP) is 3.32. The van der Waals surface area contributed by atoms with Crippen molar-refractivity contribution in [2.75, 3.05) is 0 Å². The number of nitrogens with one attached hydrogen (secondary N) is 1. The molecule has 1 aliphatic carbocycles. The number of nitrogens with zero attached hydrogens (tertiary/aromatic N) is 2. The van der Waals surface area contributed by atoms with Crippen molar-refractivity contribution in [3.05, 3.63) is 35.8 Å². The third kappa shape index (κ3) is 3.25. The molecule has 114 valence electrons. The van der Waals surface area contributed by atoms with Crippen LogP contribution < -0.4 is 4.72 Å². The highest BCUT2D eigenvalue weighted by Crippen LogP contribution is 2.39. The molecule has 2 heterocycles. The van der Waals surface area contributed by atoms with Crippen LogP contribution in [-0.2, 0) is 11.4 Å². The highest BCUT2D eigenvalue weighted by molar-refractivity contribution is 7.90. The van der Waals surface area contributed by atoms with Crippen LogP contribution in [0.4, 0.5) is 0 Å². The van der Waals surface area contributed by atoms with E-state index < -0.39 is 11.4 Å². The summed E-state index contributed by atoms with van der Waals surface area (Å²) >= 11 is -1.09. The minimum atomic E-state index is -1.09. The quantitative estimate of drug-likeness (QED) is 0.882. The monoisotopic (exact) mass is 305 g/mol. The van der Waals surface area contributed by atoms with Gasteiger partial charge in [-0.05, 0) is 58.1 Å². The SMILES string of the molecule is CC(N[S+]([O-])C(C)(C)C)c1cn2cc(C3CC3)ccc2n1. The van der Waals surface area contributed by atoms with Crippen LogP contribution in [0.25, 0.3) is 5.65 Å². The molecule has 5 heteroatoms. The average molecular weight is 305 g/mol. The molecule has 0 aliphatic heterocycles. The summed E-state index contributed by atoms with van der Waals surface area (Å²) in [6.07, 6.45) is 6.82. The lowest BCUT2D eigenvalue weighted by molar-refractivity contribution is 0.529. The molecule has 1 saturated carbocycles. The van der Waals surface area contributed by atoms with Gasteiger partial charge in [-0.25, -0.2) is 4.98 Å². The normalized spacial score (nSPS) is 18.9. The maximum absolute atomic E-state index is 12.2. The summed E-state index contributed by atoms with van der Waals surface area (Å²) in [7, 11) is 0. The van der Waals surface area contributed by atoms with Crippen molar-refractivity contribution in [3.8, 4) is 0 Å². The molecule has 1 fully saturated rings. The lowest BCUT2D eigenvalue weighted by Gasteiger charge is -2.25. The number of hydrogen-bond donors (Lipinski definition) is 1. The lowest BCUT2D eigenvalue weighted by atomic mass is 10.2. The Hall–Kier alpha value is -1.04. The zero-order valence-corrected chi connectivity index (χ0v) is 13.9. The largest absolute Gasteiger partial charge is 0.598 e. The van der Waals surface area contributed by atoms with Crippen LogP contribution in [0.3, 0.4) is 0 Å². The fourth-order valence-electron chi connectivity index (χ4n) is 2.29. The Kier molecular flexibility index (Phi) is 3.76. The van der Waals surface area contributed by atoms with Gasteiger partial charge >= 0.3 is 0 Å². The van der Waals surface area contributed by atoms with E-state index in [1.807, 2.05) is 33.9 Å². The van der Waals surface area contributed by atoms with Crippen LogP contribution in [0.2, 0.25) is 0 Å². The van der Waals surface area contributed by atoms with Gasteiger partial charge in [0.2, 0.25) is 0 Å². The van der Waals surface area contributed by atoms with E-state index in [1.54, 1.807) is 0 Å². The van der Waals surface area contributed by atoms with Crippen molar-refractivity contribution in [2.45, 2.75) is 57.2 Å². The molecule has 0 aromatic carbocycles. The Morgan fingerprint density at radius 3 is 2.67 bits per heavy atom. The third-order valence-electron chi connectivity index (χ3n) is 3.82. The van der Waals surface area contributed by atoms with Crippen LogP contribution in [0.1, 0.15) is 63.8 Å². The van der Waals surface area contributed by atoms with Crippen LogP contribution in [0.15, 0.2) is 24.5 Å². The third-order valence-corrected chi connectivity index (χ3v) is 5.50. The maximum Gasteiger partial charge on any atom is 0.137 e. The molecule has 0 saturated heterocycles. The van der Waals surface area contributed by atoms with Gasteiger partial charge in [-0.1, -0.05) is 6.07 Å². The van der Waals surface area contributed by atoms with Crippen molar-refractivity contribution < 1.29 is 4.55 Å². The van der Waals surface area contributed by atoms with Gasteiger partial charge in [-0.2, -0.15) is 0 Å². The number of rotatable bonds is 4. The molecule has 2 unspecified atom stereocenters. The van der Waals surface area contributed by atoms with Crippen LogP contribution in [0, 0.1) is 0 Å². The van der Waals surface area contributed by atoms with E-state index in [4.69, 9.17) is 0 Å². The molecule has 4 nitrogen and oxygen atoms in total. The second-order valence-corrected chi connectivity index (χ2v) is 8.89. The standard InChI is InChI=1S/C16H23N3OS/c1-11(18-21(20)16(2,3)4)14-10-19-9-13(12-5-6-12)7-8-15(19)17-14/h7-12,18H,5-6H2,1-4H3. The summed E-state index contributed by atoms with van der Waals surface area (Å²) in [5, 5.41) is 0. The molecule has 0 spiro atoms. The Balaban J connectivity index is 1.80. The van der Waals surface area contributed by atoms with Crippen LogP contribution >= 0.6 is 0 Å². The second-order valence-electron chi connectivity index (χ2n) is 6.89. The van der Waals surface area contributed by atoms with Gasteiger partial charge in [0.25, 0.3) is 0 Å². The zero-order valence-electron chi connectivity index (χ0n) is 13.1. The number of pyridine rings is 1. The minimum Gasteiger partial charge on any atom is -0.598 e. The van der Waals surface area contributed by atoms with E-state index in [0.717, 1.165) is 17.3 Å².